The van der Waals surface area contributed by atoms with Gasteiger partial charge in [0.25, 0.3) is 11.8 Å². The zero-order valence-corrected chi connectivity index (χ0v) is 25.0. The molecule has 4 fully saturated rings. The van der Waals surface area contributed by atoms with Crippen LogP contribution in [0.25, 0.3) is 11.0 Å². The second kappa shape index (κ2) is 9.71. The van der Waals surface area contributed by atoms with Gasteiger partial charge in [-0.1, -0.05) is 0 Å². The SMILES string of the molecule is O=C(Nc1ccc2c(F)nn(C3CC(F)(F)C3)c2n1)c1ccc(S(=O)(=O)C2CC2)cc1N1CCC2(CC1)CC2.[Na]. The molecule has 40 heavy (non-hydrogen) atoms. The molecule has 1 aliphatic heterocycles. The predicted octanol–water partition coefficient (Wildman–Crippen LogP) is 4.73. The molecule has 7 rings (SSSR count). The first kappa shape index (κ1) is 28.0. The molecule has 1 aromatic carbocycles. The van der Waals surface area contributed by atoms with Crippen molar-refractivity contribution in [3.63, 3.8) is 0 Å². The van der Waals surface area contributed by atoms with Gasteiger partial charge in [0.05, 0.1) is 32.8 Å². The van der Waals surface area contributed by atoms with Crippen molar-refractivity contribution in [2.45, 2.75) is 73.5 Å². The quantitative estimate of drug-likeness (QED) is 0.423. The van der Waals surface area contributed by atoms with Crippen molar-refractivity contribution in [2.75, 3.05) is 23.3 Å². The summed E-state index contributed by atoms with van der Waals surface area (Å²) in [5, 5.41) is 6.24. The zero-order valence-electron chi connectivity index (χ0n) is 22.2. The van der Waals surface area contributed by atoms with E-state index in [1.54, 1.807) is 12.1 Å². The Labute approximate surface area is 251 Å². The number of sulfone groups is 1. The van der Waals surface area contributed by atoms with Gasteiger partial charge in [0.1, 0.15) is 5.82 Å². The number of aromatic nitrogens is 3. The van der Waals surface area contributed by atoms with Crippen LogP contribution in [0.5, 0.6) is 0 Å². The monoisotopic (exact) mass is 582 g/mol. The number of amides is 1. The van der Waals surface area contributed by atoms with Crippen LogP contribution in [0.15, 0.2) is 35.2 Å². The van der Waals surface area contributed by atoms with Crippen molar-refractivity contribution in [3.05, 3.63) is 41.8 Å². The molecular formula is C27H28F3N5NaO3S. The molecule has 1 spiro atoms. The molecule has 2 aromatic heterocycles. The van der Waals surface area contributed by atoms with Gasteiger partial charge in [-0.3, -0.25) is 4.79 Å². The van der Waals surface area contributed by atoms with Gasteiger partial charge in [-0.15, -0.1) is 5.10 Å². The van der Waals surface area contributed by atoms with E-state index in [1.165, 1.54) is 35.7 Å². The van der Waals surface area contributed by atoms with Gasteiger partial charge in [0, 0.05) is 55.5 Å². The van der Waals surface area contributed by atoms with Gasteiger partial charge < -0.3 is 10.2 Å². The van der Waals surface area contributed by atoms with E-state index in [0.717, 1.165) is 25.9 Å². The molecule has 3 aliphatic carbocycles. The third-order valence-corrected chi connectivity index (χ3v) is 11.1. The third-order valence-electron chi connectivity index (χ3n) is 8.79. The minimum atomic E-state index is -3.45. The van der Waals surface area contributed by atoms with Crippen LogP contribution in [0.3, 0.4) is 0 Å². The summed E-state index contributed by atoms with van der Waals surface area (Å²) in [7, 11) is -3.45. The van der Waals surface area contributed by atoms with Crippen LogP contribution in [-0.4, -0.2) is 82.9 Å². The predicted molar refractivity (Wildman–Crippen MR) is 144 cm³/mol. The van der Waals surface area contributed by atoms with E-state index in [-0.39, 0.29) is 56.6 Å². The Hall–Kier alpha value is -2.15. The summed E-state index contributed by atoms with van der Waals surface area (Å²) in [5.74, 6) is -3.98. The number of halogens is 3. The minimum absolute atomic E-state index is 0. The molecule has 13 heteroatoms. The molecule has 8 nitrogen and oxygen atoms in total. The number of rotatable bonds is 6. The molecule has 1 saturated heterocycles. The summed E-state index contributed by atoms with van der Waals surface area (Å²) in [5.41, 5.74) is 1.37. The number of carbonyl (C=O) groups is 1. The van der Waals surface area contributed by atoms with Crippen molar-refractivity contribution < 1.29 is 26.4 Å². The number of anilines is 2. The molecule has 207 valence electrons. The van der Waals surface area contributed by atoms with Crippen molar-refractivity contribution in [2.24, 2.45) is 5.41 Å². The van der Waals surface area contributed by atoms with Gasteiger partial charge in [0.15, 0.2) is 15.5 Å². The topological polar surface area (TPSA) is 97.2 Å². The second-order valence-electron chi connectivity index (χ2n) is 11.6. The number of nitrogens with one attached hydrogen (secondary N) is 1. The Balaban J connectivity index is 0.00000289. The van der Waals surface area contributed by atoms with Crippen molar-refractivity contribution in [3.8, 4) is 0 Å². The van der Waals surface area contributed by atoms with Gasteiger partial charge in [-0.2, -0.15) is 4.39 Å². The standard InChI is InChI=1S/C27H28F3N5O3S.Na/c28-23-20-5-6-22(31-24(20)35(33-23)16-14-27(29,30)15-16)32-25(36)19-4-3-18(39(37,38)17-1-2-17)13-21(19)34-11-9-26(7-8-26)10-12-34;/h3-6,13,16-17H,1-2,7-12,14-15H2,(H,31,32,36);. The smallest absolute Gasteiger partial charge is 0.258 e. The molecule has 3 saturated carbocycles. The van der Waals surface area contributed by atoms with E-state index in [9.17, 15) is 26.4 Å². The number of hydrogen-bond donors (Lipinski definition) is 1. The number of nitrogens with zero attached hydrogens (tertiary/aromatic N) is 4. The summed E-state index contributed by atoms with van der Waals surface area (Å²) in [6.07, 6.45) is 4.84. The maximum absolute atomic E-state index is 14.4. The zero-order chi connectivity index (χ0) is 27.2. The Morgan fingerprint density at radius 1 is 1.02 bits per heavy atom. The Kier molecular flexibility index (Phi) is 6.79. The first-order valence-corrected chi connectivity index (χ1v) is 15.0. The number of hydrogen-bond acceptors (Lipinski definition) is 6. The summed E-state index contributed by atoms with van der Waals surface area (Å²) in [4.78, 5) is 20.2. The molecule has 0 bridgehead atoms. The summed E-state index contributed by atoms with van der Waals surface area (Å²) < 4.78 is 68.4. The third kappa shape index (κ3) is 4.94. The Morgan fingerprint density at radius 3 is 2.35 bits per heavy atom. The fourth-order valence-corrected chi connectivity index (χ4v) is 7.58. The number of alkyl halides is 2. The molecule has 1 amide bonds. The average molecular weight is 583 g/mol. The number of pyridine rings is 1. The average Bonchev–Trinajstić information content (AvgIpc) is 3.83. The van der Waals surface area contributed by atoms with Crippen LogP contribution in [-0.2, 0) is 9.84 Å². The van der Waals surface area contributed by atoms with Gasteiger partial charge in [0.2, 0.25) is 5.95 Å². The maximum Gasteiger partial charge on any atom is 0.258 e. The van der Waals surface area contributed by atoms with E-state index < -0.39 is 46.5 Å². The molecule has 3 aromatic rings. The number of benzene rings is 1. The molecular weight excluding hydrogens is 554 g/mol. The first-order chi connectivity index (χ1) is 18.5. The Morgan fingerprint density at radius 2 is 1.73 bits per heavy atom. The van der Waals surface area contributed by atoms with E-state index in [4.69, 9.17) is 0 Å². The maximum atomic E-state index is 14.4. The van der Waals surface area contributed by atoms with Gasteiger partial charge in [-0.25, -0.2) is 26.9 Å². The second-order valence-corrected chi connectivity index (χ2v) is 13.8. The van der Waals surface area contributed by atoms with Crippen LogP contribution >= 0.6 is 0 Å². The summed E-state index contributed by atoms with van der Waals surface area (Å²) in [6, 6.07) is 6.82. The number of fused-ring (bicyclic) bond motifs is 1. The van der Waals surface area contributed by atoms with E-state index >= 15 is 0 Å². The van der Waals surface area contributed by atoms with Crippen LogP contribution in [0.2, 0.25) is 0 Å². The molecule has 1 radical (unpaired) electrons. The molecule has 4 aliphatic rings. The minimum Gasteiger partial charge on any atom is -0.371 e. The van der Waals surface area contributed by atoms with E-state index in [0.29, 0.717) is 29.5 Å². The van der Waals surface area contributed by atoms with Crippen LogP contribution < -0.4 is 10.2 Å². The van der Waals surface area contributed by atoms with Crippen molar-refractivity contribution in [1.82, 2.24) is 14.8 Å². The number of carbonyl (C=O) groups excluding carboxylic acids is 1. The molecule has 0 unspecified atom stereocenters. The van der Waals surface area contributed by atoms with E-state index in [2.05, 4.69) is 20.3 Å². The fraction of sp³-hybridized carbons (Fsp3) is 0.519. The largest absolute Gasteiger partial charge is 0.371 e. The van der Waals surface area contributed by atoms with Crippen LogP contribution in [0.1, 0.15) is 67.8 Å². The van der Waals surface area contributed by atoms with Crippen LogP contribution in [0, 0.1) is 11.4 Å². The Bertz CT molecular complexity index is 1600. The van der Waals surface area contributed by atoms with Gasteiger partial charge >= 0.3 is 0 Å². The first-order valence-electron chi connectivity index (χ1n) is 13.4. The van der Waals surface area contributed by atoms with Crippen molar-refractivity contribution >= 4 is 67.8 Å². The summed E-state index contributed by atoms with van der Waals surface area (Å²) in [6.45, 7) is 1.48. The summed E-state index contributed by atoms with van der Waals surface area (Å²) >= 11 is 0. The van der Waals surface area contributed by atoms with Gasteiger partial charge in [-0.05, 0) is 74.3 Å². The number of piperidine rings is 1. The molecule has 3 heterocycles. The molecule has 0 atom stereocenters. The normalized spacial score (nSPS) is 21.6. The fourth-order valence-electron chi connectivity index (χ4n) is 5.90. The van der Waals surface area contributed by atoms with Crippen LogP contribution in [0.4, 0.5) is 24.7 Å². The molecule has 1 N–H and O–H groups in total. The van der Waals surface area contributed by atoms with Crippen molar-refractivity contribution in [1.29, 1.82) is 0 Å². The van der Waals surface area contributed by atoms with E-state index in [1.807, 2.05) is 0 Å².